The van der Waals surface area contributed by atoms with Crippen LogP contribution in [0.1, 0.15) is 15.3 Å². The number of aryl methyl sites for hydroxylation is 1. The molecule has 112 valence electrons. The molecule has 0 saturated carbocycles. The van der Waals surface area contributed by atoms with Gasteiger partial charge in [-0.25, -0.2) is 0 Å². The van der Waals surface area contributed by atoms with E-state index in [9.17, 15) is 4.79 Å². The van der Waals surface area contributed by atoms with Gasteiger partial charge in [-0.2, -0.15) is 0 Å². The lowest BCUT2D eigenvalue weighted by atomic mass is 10.1. The lowest BCUT2D eigenvalue weighted by molar-refractivity contribution is -0.142. The first-order chi connectivity index (χ1) is 10.2. The summed E-state index contributed by atoms with van der Waals surface area (Å²) in [6.07, 6.45) is 0.933. The standard InChI is InChI=1S/C17H21NO2S/c1-14-8-9-16(21-14)12-18(13-17(19)20-2)11-10-15-6-4-3-5-7-15/h3-9H,10-13H2,1-2H3. The highest BCUT2D eigenvalue weighted by Crippen LogP contribution is 2.17. The van der Waals surface area contributed by atoms with Crippen molar-refractivity contribution in [2.75, 3.05) is 20.2 Å². The molecule has 1 heterocycles. The normalized spacial score (nSPS) is 10.8. The van der Waals surface area contributed by atoms with E-state index in [1.54, 1.807) is 11.3 Å². The second-order valence-corrected chi connectivity index (χ2v) is 6.41. The molecule has 0 radical (unpaired) electrons. The number of hydrogen-bond acceptors (Lipinski definition) is 4. The molecule has 4 heteroatoms. The van der Waals surface area contributed by atoms with Crippen molar-refractivity contribution in [3.63, 3.8) is 0 Å². The Kier molecular flexibility index (Phi) is 5.96. The third-order valence-electron chi connectivity index (χ3n) is 3.32. The second kappa shape index (κ2) is 7.96. The van der Waals surface area contributed by atoms with Crippen LogP contribution in [-0.4, -0.2) is 31.1 Å². The van der Waals surface area contributed by atoms with Crippen LogP contribution in [0.4, 0.5) is 0 Å². The van der Waals surface area contributed by atoms with Gasteiger partial charge in [-0.3, -0.25) is 9.69 Å². The summed E-state index contributed by atoms with van der Waals surface area (Å²) in [6, 6.07) is 14.6. The third kappa shape index (κ3) is 5.33. The minimum absolute atomic E-state index is 0.184. The Balaban J connectivity index is 1.96. The predicted molar refractivity (Wildman–Crippen MR) is 86.5 cm³/mol. The summed E-state index contributed by atoms with van der Waals surface area (Å²) < 4.78 is 4.80. The van der Waals surface area contributed by atoms with E-state index in [0.717, 1.165) is 19.5 Å². The fraction of sp³-hybridized carbons (Fsp3) is 0.353. The van der Waals surface area contributed by atoms with Gasteiger partial charge in [0.05, 0.1) is 13.7 Å². The summed E-state index contributed by atoms with van der Waals surface area (Å²) in [4.78, 5) is 16.3. The molecule has 0 atom stereocenters. The second-order valence-electron chi connectivity index (χ2n) is 5.03. The zero-order chi connectivity index (χ0) is 15.1. The number of benzene rings is 1. The molecule has 1 aromatic carbocycles. The number of ether oxygens (including phenoxy) is 1. The van der Waals surface area contributed by atoms with Crippen LogP contribution < -0.4 is 0 Å². The van der Waals surface area contributed by atoms with Gasteiger partial charge >= 0.3 is 5.97 Å². The Morgan fingerprint density at radius 2 is 1.95 bits per heavy atom. The van der Waals surface area contributed by atoms with Crippen molar-refractivity contribution < 1.29 is 9.53 Å². The van der Waals surface area contributed by atoms with Crippen molar-refractivity contribution in [2.24, 2.45) is 0 Å². The molecule has 0 unspecified atom stereocenters. The number of thiophene rings is 1. The number of hydrogen-bond donors (Lipinski definition) is 0. The van der Waals surface area contributed by atoms with E-state index in [0.29, 0.717) is 6.54 Å². The van der Waals surface area contributed by atoms with Gasteiger partial charge in [0, 0.05) is 22.8 Å². The zero-order valence-electron chi connectivity index (χ0n) is 12.5. The van der Waals surface area contributed by atoms with Gasteiger partial charge in [0.25, 0.3) is 0 Å². The van der Waals surface area contributed by atoms with Crippen LogP contribution in [0, 0.1) is 6.92 Å². The van der Waals surface area contributed by atoms with E-state index < -0.39 is 0 Å². The Bertz CT molecular complexity index is 565. The maximum absolute atomic E-state index is 11.6. The third-order valence-corrected chi connectivity index (χ3v) is 4.30. The Hall–Kier alpha value is -1.65. The van der Waals surface area contributed by atoms with E-state index in [1.807, 2.05) is 18.2 Å². The lowest BCUT2D eigenvalue weighted by Gasteiger charge is -2.20. The van der Waals surface area contributed by atoms with Gasteiger partial charge in [-0.15, -0.1) is 11.3 Å². The predicted octanol–water partition coefficient (Wildman–Crippen LogP) is 3.27. The Labute approximate surface area is 130 Å². The molecule has 0 fully saturated rings. The Morgan fingerprint density at radius 1 is 1.19 bits per heavy atom. The largest absolute Gasteiger partial charge is 0.468 e. The SMILES string of the molecule is COC(=O)CN(CCc1ccccc1)Cc1ccc(C)s1. The average Bonchev–Trinajstić information content (AvgIpc) is 2.91. The number of carbonyl (C=O) groups is 1. The number of rotatable bonds is 7. The van der Waals surface area contributed by atoms with Gasteiger partial charge in [0.1, 0.15) is 0 Å². The number of esters is 1. The van der Waals surface area contributed by atoms with Crippen LogP contribution in [0.2, 0.25) is 0 Å². The molecule has 0 aliphatic heterocycles. The molecule has 0 saturated heterocycles. The van der Waals surface area contributed by atoms with Crippen molar-refractivity contribution >= 4 is 17.3 Å². The molecular weight excluding hydrogens is 282 g/mol. The molecule has 0 bridgehead atoms. The van der Waals surface area contributed by atoms with E-state index in [2.05, 4.69) is 36.1 Å². The first kappa shape index (κ1) is 15.7. The topological polar surface area (TPSA) is 29.5 Å². The summed E-state index contributed by atoms with van der Waals surface area (Å²) in [6.45, 7) is 4.07. The summed E-state index contributed by atoms with van der Waals surface area (Å²) in [5.41, 5.74) is 1.29. The summed E-state index contributed by atoms with van der Waals surface area (Å²) in [7, 11) is 1.44. The van der Waals surface area contributed by atoms with Crippen LogP contribution in [0.3, 0.4) is 0 Å². The maximum atomic E-state index is 11.6. The van der Waals surface area contributed by atoms with E-state index in [-0.39, 0.29) is 5.97 Å². The minimum Gasteiger partial charge on any atom is -0.468 e. The van der Waals surface area contributed by atoms with Crippen molar-refractivity contribution in [3.8, 4) is 0 Å². The molecule has 2 rings (SSSR count). The first-order valence-electron chi connectivity index (χ1n) is 7.06. The number of nitrogens with zero attached hydrogens (tertiary/aromatic N) is 1. The molecule has 0 spiro atoms. The smallest absolute Gasteiger partial charge is 0.319 e. The fourth-order valence-corrected chi connectivity index (χ4v) is 3.12. The van der Waals surface area contributed by atoms with E-state index in [4.69, 9.17) is 4.74 Å². The minimum atomic E-state index is -0.184. The van der Waals surface area contributed by atoms with Crippen molar-refractivity contribution in [1.29, 1.82) is 0 Å². The molecule has 0 aliphatic carbocycles. The average molecular weight is 303 g/mol. The highest BCUT2D eigenvalue weighted by Gasteiger charge is 2.12. The first-order valence-corrected chi connectivity index (χ1v) is 7.87. The summed E-state index contributed by atoms with van der Waals surface area (Å²) >= 11 is 1.78. The monoisotopic (exact) mass is 303 g/mol. The number of carbonyl (C=O) groups excluding carboxylic acids is 1. The molecule has 2 aromatic rings. The quantitative estimate of drug-likeness (QED) is 0.735. The van der Waals surface area contributed by atoms with Crippen molar-refractivity contribution in [1.82, 2.24) is 4.90 Å². The van der Waals surface area contributed by atoms with Gasteiger partial charge in [-0.1, -0.05) is 30.3 Å². The summed E-state index contributed by atoms with van der Waals surface area (Å²) in [5.74, 6) is -0.184. The lowest BCUT2D eigenvalue weighted by Crippen LogP contribution is -2.31. The molecule has 0 aliphatic rings. The summed E-state index contributed by atoms with van der Waals surface area (Å²) in [5, 5.41) is 0. The van der Waals surface area contributed by atoms with Gasteiger partial charge in [0.15, 0.2) is 0 Å². The van der Waals surface area contributed by atoms with Crippen LogP contribution in [0.25, 0.3) is 0 Å². The fourth-order valence-electron chi connectivity index (χ4n) is 2.18. The highest BCUT2D eigenvalue weighted by atomic mass is 32.1. The van der Waals surface area contributed by atoms with Crippen LogP contribution in [-0.2, 0) is 22.5 Å². The van der Waals surface area contributed by atoms with E-state index in [1.165, 1.54) is 22.4 Å². The van der Waals surface area contributed by atoms with Crippen LogP contribution in [0.5, 0.6) is 0 Å². The molecule has 0 amide bonds. The van der Waals surface area contributed by atoms with E-state index >= 15 is 0 Å². The molecular formula is C17H21NO2S. The van der Waals surface area contributed by atoms with Gasteiger partial charge in [0.2, 0.25) is 0 Å². The van der Waals surface area contributed by atoms with Gasteiger partial charge < -0.3 is 4.74 Å². The van der Waals surface area contributed by atoms with Crippen molar-refractivity contribution in [3.05, 3.63) is 57.8 Å². The Morgan fingerprint density at radius 3 is 2.57 bits per heavy atom. The zero-order valence-corrected chi connectivity index (χ0v) is 13.4. The molecule has 3 nitrogen and oxygen atoms in total. The molecule has 1 aromatic heterocycles. The molecule has 0 N–H and O–H groups in total. The van der Waals surface area contributed by atoms with Crippen LogP contribution in [0.15, 0.2) is 42.5 Å². The van der Waals surface area contributed by atoms with Crippen LogP contribution >= 0.6 is 11.3 Å². The molecule has 21 heavy (non-hydrogen) atoms. The number of methoxy groups -OCH3 is 1. The highest BCUT2D eigenvalue weighted by molar-refractivity contribution is 7.11. The van der Waals surface area contributed by atoms with Gasteiger partial charge in [-0.05, 0) is 31.0 Å². The van der Waals surface area contributed by atoms with Crippen molar-refractivity contribution in [2.45, 2.75) is 19.9 Å². The maximum Gasteiger partial charge on any atom is 0.319 e.